The average molecular weight is 239 g/mol. The lowest BCUT2D eigenvalue weighted by Gasteiger charge is -2.14. The highest BCUT2D eigenvalue weighted by atomic mass is 16.5. The molecule has 1 rings (SSSR count). The Balaban J connectivity index is 2.55. The molecule has 0 spiro atoms. The Kier molecular flexibility index (Phi) is 5.12. The van der Waals surface area contributed by atoms with Crippen LogP contribution in [0.1, 0.15) is 52.8 Å². The Labute approximate surface area is 104 Å². The minimum absolute atomic E-state index is 0.201. The summed E-state index contributed by atoms with van der Waals surface area (Å²) in [6.45, 7) is 11.8. The van der Waals surface area contributed by atoms with Crippen molar-refractivity contribution in [3.63, 3.8) is 0 Å². The van der Waals surface area contributed by atoms with Crippen LogP contribution in [0.2, 0.25) is 0 Å². The molecule has 0 aliphatic rings. The molecule has 0 bridgehead atoms. The molecule has 0 saturated carbocycles. The molecule has 98 valence electrons. The molecule has 4 nitrogen and oxygen atoms in total. The van der Waals surface area contributed by atoms with E-state index in [1.807, 2.05) is 0 Å². The van der Waals surface area contributed by atoms with Crippen molar-refractivity contribution < 1.29 is 4.52 Å². The third kappa shape index (κ3) is 5.31. The first-order chi connectivity index (χ1) is 7.94. The van der Waals surface area contributed by atoms with E-state index >= 15 is 0 Å². The van der Waals surface area contributed by atoms with Crippen molar-refractivity contribution in [3.8, 4) is 0 Å². The highest BCUT2D eigenvalue weighted by Crippen LogP contribution is 2.18. The van der Waals surface area contributed by atoms with Crippen molar-refractivity contribution in [1.29, 1.82) is 0 Å². The van der Waals surface area contributed by atoms with E-state index < -0.39 is 0 Å². The van der Waals surface area contributed by atoms with Crippen molar-refractivity contribution in [2.24, 2.45) is 5.41 Å². The maximum Gasteiger partial charge on any atom is 0.228 e. The van der Waals surface area contributed by atoms with Crippen LogP contribution in [0.15, 0.2) is 4.52 Å². The van der Waals surface area contributed by atoms with Gasteiger partial charge in [0, 0.05) is 18.9 Å². The van der Waals surface area contributed by atoms with Gasteiger partial charge in [0.25, 0.3) is 0 Å². The molecule has 1 N–H and O–H groups in total. The van der Waals surface area contributed by atoms with Gasteiger partial charge in [0.15, 0.2) is 5.82 Å². The van der Waals surface area contributed by atoms with Crippen molar-refractivity contribution in [2.75, 3.05) is 6.54 Å². The average Bonchev–Trinajstić information content (AvgIpc) is 2.62. The zero-order valence-corrected chi connectivity index (χ0v) is 11.7. The maximum atomic E-state index is 5.29. The SMILES string of the molecule is CCNC(CC)Cc1nc(CC(C)(C)C)no1. The standard InChI is InChI=1S/C13H25N3O/c1-6-10(14-7-2)8-12-15-11(16-17-12)9-13(3,4)5/h10,14H,6-9H2,1-5H3. The largest absolute Gasteiger partial charge is 0.339 e. The second-order valence-electron chi connectivity index (χ2n) is 5.71. The van der Waals surface area contributed by atoms with Crippen LogP contribution in [0.4, 0.5) is 0 Å². The molecule has 0 saturated heterocycles. The Hall–Kier alpha value is -0.900. The highest BCUT2D eigenvalue weighted by Gasteiger charge is 2.17. The summed E-state index contributed by atoms with van der Waals surface area (Å²) in [5.41, 5.74) is 0.201. The fraction of sp³-hybridized carbons (Fsp3) is 0.846. The number of nitrogens with zero attached hydrogens (tertiary/aromatic N) is 2. The number of rotatable bonds is 6. The molecule has 1 aromatic rings. The van der Waals surface area contributed by atoms with Crippen LogP contribution in [0.25, 0.3) is 0 Å². The molecule has 0 aromatic carbocycles. The predicted molar refractivity (Wildman–Crippen MR) is 68.9 cm³/mol. The van der Waals surface area contributed by atoms with Crippen LogP contribution in [0, 0.1) is 5.41 Å². The Bertz CT molecular complexity index is 328. The monoisotopic (exact) mass is 239 g/mol. The number of hydrogen-bond donors (Lipinski definition) is 1. The lowest BCUT2D eigenvalue weighted by atomic mass is 9.92. The molecule has 0 amide bonds. The topological polar surface area (TPSA) is 51.0 Å². The second kappa shape index (κ2) is 6.15. The first-order valence-electron chi connectivity index (χ1n) is 6.49. The Morgan fingerprint density at radius 1 is 1.29 bits per heavy atom. The van der Waals surface area contributed by atoms with Gasteiger partial charge in [-0.2, -0.15) is 4.98 Å². The van der Waals surface area contributed by atoms with Crippen molar-refractivity contribution in [1.82, 2.24) is 15.5 Å². The lowest BCUT2D eigenvalue weighted by Crippen LogP contribution is -2.30. The van der Waals surface area contributed by atoms with Gasteiger partial charge in [-0.25, -0.2) is 0 Å². The summed E-state index contributed by atoms with van der Waals surface area (Å²) in [5.74, 6) is 1.57. The highest BCUT2D eigenvalue weighted by molar-refractivity contribution is 4.92. The summed E-state index contributed by atoms with van der Waals surface area (Å²) in [5, 5.41) is 7.45. The minimum atomic E-state index is 0.201. The summed E-state index contributed by atoms with van der Waals surface area (Å²) < 4.78 is 5.29. The van der Waals surface area contributed by atoms with Crippen LogP contribution in [0.5, 0.6) is 0 Å². The molecule has 1 aromatic heterocycles. The molecular formula is C13H25N3O. The predicted octanol–water partition coefficient (Wildman–Crippen LogP) is 2.59. The number of hydrogen-bond acceptors (Lipinski definition) is 4. The molecule has 1 heterocycles. The van der Waals surface area contributed by atoms with Gasteiger partial charge in [-0.3, -0.25) is 0 Å². The molecule has 0 aliphatic heterocycles. The van der Waals surface area contributed by atoms with E-state index in [2.05, 4.69) is 50.1 Å². The summed E-state index contributed by atoms with van der Waals surface area (Å²) in [6.07, 6.45) is 2.75. The second-order valence-corrected chi connectivity index (χ2v) is 5.71. The van der Waals surface area contributed by atoms with Crippen molar-refractivity contribution >= 4 is 0 Å². The van der Waals surface area contributed by atoms with Crippen LogP contribution in [0.3, 0.4) is 0 Å². The third-order valence-corrected chi connectivity index (χ3v) is 2.61. The van der Waals surface area contributed by atoms with E-state index in [4.69, 9.17) is 4.52 Å². The Morgan fingerprint density at radius 2 is 2.00 bits per heavy atom. The molecule has 1 atom stereocenters. The molecule has 0 fully saturated rings. The number of likely N-dealkylation sites (N-methyl/N-ethyl adjacent to an activating group) is 1. The quantitative estimate of drug-likeness (QED) is 0.829. The van der Waals surface area contributed by atoms with Gasteiger partial charge in [-0.05, 0) is 18.4 Å². The first kappa shape index (κ1) is 14.2. The summed E-state index contributed by atoms with van der Waals surface area (Å²) in [7, 11) is 0. The zero-order valence-electron chi connectivity index (χ0n) is 11.7. The van der Waals surface area contributed by atoms with Gasteiger partial charge in [0.1, 0.15) is 0 Å². The van der Waals surface area contributed by atoms with Gasteiger partial charge in [0.2, 0.25) is 5.89 Å². The number of aromatic nitrogens is 2. The van der Waals surface area contributed by atoms with E-state index in [1.54, 1.807) is 0 Å². The molecule has 0 radical (unpaired) electrons. The lowest BCUT2D eigenvalue weighted by molar-refractivity contribution is 0.341. The summed E-state index contributed by atoms with van der Waals surface area (Å²) in [4.78, 5) is 4.45. The van der Waals surface area contributed by atoms with Gasteiger partial charge in [-0.15, -0.1) is 0 Å². The number of nitrogens with one attached hydrogen (secondary N) is 1. The fourth-order valence-electron chi connectivity index (χ4n) is 1.78. The minimum Gasteiger partial charge on any atom is -0.339 e. The summed E-state index contributed by atoms with van der Waals surface area (Å²) >= 11 is 0. The van der Waals surface area contributed by atoms with Gasteiger partial charge < -0.3 is 9.84 Å². The van der Waals surface area contributed by atoms with E-state index in [0.717, 1.165) is 37.5 Å². The normalized spacial score (nSPS) is 13.9. The third-order valence-electron chi connectivity index (χ3n) is 2.61. The smallest absolute Gasteiger partial charge is 0.228 e. The van der Waals surface area contributed by atoms with E-state index in [0.29, 0.717) is 6.04 Å². The summed E-state index contributed by atoms with van der Waals surface area (Å²) in [6, 6.07) is 0.433. The molecule has 1 unspecified atom stereocenters. The van der Waals surface area contributed by atoms with Gasteiger partial charge in [0.05, 0.1) is 0 Å². The molecule has 17 heavy (non-hydrogen) atoms. The van der Waals surface area contributed by atoms with E-state index in [-0.39, 0.29) is 5.41 Å². The maximum absolute atomic E-state index is 5.29. The van der Waals surface area contributed by atoms with E-state index in [1.165, 1.54) is 0 Å². The van der Waals surface area contributed by atoms with Crippen molar-refractivity contribution in [2.45, 2.75) is 59.9 Å². The van der Waals surface area contributed by atoms with Crippen molar-refractivity contribution in [3.05, 3.63) is 11.7 Å². The molecular weight excluding hydrogens is 214 g/mol. The van der Waals surface area contributed by atoms with Crippen LogP contribution >= 0.6 is 0 Å². The van der Waals surface area contributed by atoms with Crippen LogP contribution < -0.4 is 5.32 Å². The molecule has 4 heteroatoms. The molecule has 0 aliphatic carbocycles. The van der Waals surface area contributed by atoms with Crippen LogP contribution in [-0.2, 0) is 12.8 Å². The first-order valence-corrected chi connectivity index (χ1v) is 6.49. The Morgan fingerprint density at radius 3 is 2.53 bits per heavy atom. The van der Waals surface area contributed by atoms with Gasteiger partial charge >= 0.3 is 0 Å². The van der Waals surface area contributed by atoms with Gasteiger partial charge in [-0.1, -0.05) is 39.8 Å². The van der Waals surface area contributed by atoms with E-state index in [9.17, 15) is 0 Å². The zero-order chi connectivity index (χ0) is 12.9. The van der Waals surface area contributed by atoms with Crippen LogP contribution in [-0.4, -0.2) is 22.7 Å². The fourth-order valence-corrected chi connectivity index (χ4v) is 1.78.